The molecule has 0 aliphatic carbocycles. The van der Waals surface area contributed by atoms with Gasteiger partial charge in [-0.2, -0.15) is 15.8 Å². The summed E-state index contributed by atoms with van der Waals surface area (Å²) in [5.74, 6) is 3.29. The fraction of sp³-hybridized carbons (Fsp3) is 0.143. The van der Waals surface area contributed by atoms with Crippen molar-refractivity contribution in [1.82, 2.24) is 78.8 Å². The van der Waals surface area contributed by atoms with Crippen LogP contribution in [0.25, 0.3) is 21.8 Å². The van der Waals surface area contributed by atoms with Gasteiger partial charge in [0, 0.05) is 84.3 Å². The Balaban J connectivity index is 0.000000136. The van der Waals surface area contributed by atoms with Crippen LogP contribution < -0.4 is 9.80 Å². The average Bonchev–Trinajstić information content (AvgIpc) is 1.76. The maximum atomic E-state index is 12.9. The average molecular weight is 2090 g/mol. The molecule has 0 fully saturated rings. The molecule has 0 spiro atoms. The number of benzene rings is 13. The molecule has 6 heterocycles. The molecule has 29 heteroatoms. The Morgan fingerprint density at radius 1 is 0.348 bits per heavy atom. The molecule has 0 N–H and O–H groups in total. The maximum Gasteiger partial charge on any atom is 0.193 e. The number of halogens is 7. The molecule has 0 aliphatic rings. The molecule has 141 heavy (non-hydrogen) atoms. The Morgan fingerprint density at radius 3 is 1.19 bits per heavy atom. The Bertz CT molecular complexity index is 7540. The predicted octanol–water partition coefficient (Wildman–Crippen LogP) is 25.4. The number of para-hydroxylation sites is 2. The van der Waals surface area contributed by atoms with Crippen molar-refractivity contribution in [2.24, 2.45) is 0 Å². The van der Waals surface area contributed by atoms with Crippen LogP contribution >= 0.6 is 89.9 Å². The number of hydrogen-bond donors (Lipinski definition) is 0. The van der Waals surface area contributed by atoms with Crippen molar-refractivity contribution >= 4 is 135 Å². The standard InChI is InChI=1S/C30H21Cl2N5O.C29H28BrN5.C28H25BrClN5.C25H18Cl2N6/c31-25-12-15-28(27(32)16-25)37(26-13-10-24(11-14-26)30(38)23-4-2-1-3-5-23)19-29-35-34-20-36(29)18-22-8-6-21(17-33)7-9-22;1-22-6-8-24(9-7-22)18-35-21-31-33-29(35)20-34(17-16-23-10-13-26(30)14-11-23)19-27-15-12-25-4-2-3-5-28(25)32-27;29-24-12-9-21(10-13-24)15-16-34(18-25-14-11-22-5-2-4-8-27(22)32-25)19-28-33-31-20-35(28)17-23-6-1-3-7-26(23)30;26-22-9-10-24(23(27)11-22)32(14-20-5-1-18(12-28)2-6-20)16-25-31-30-17-33(25)15-21-7-3-19(13-29)4-8-21/h1-16,20H,18-19H2;2-15,21H,16-20H2,1H3;1-14,20H,15-19H2;1-11,17H,14-16H2. The minimum atomic E-state index is -0.0459. The molecule has 13 aromatic carbocycles. The van der Waals surface area contributed by atoms with Gasteiger partial charge in [0.2, 0.25) is 0 Å². The van der Waals surface area contributed by atoms with Crippen molar-refractivity contribution in [3.8, 4) is 18.2 Å². The number of carbonyl (C=O) groups excluding carboxylic acids is 1. The SMILES string of the molecule is Cc1ccc(Cn2cnnc2CN(CCc2ccc(Br)cc2)Cc2ccc3ccccc3n2)cc1.Clc1ccccc1Cn1cnnc1CN(CCc1ccc(Br)cc1)Cc1ccc2ccccc2n1.N#Cc1ccc(CN(Cc2nncn2Cc2ccc(C#N)cc2)c2ccc(Cl)cc2Cl)cc1.N#Cc1ccc(Cn2cnnc2CN(c2ccc(C(=O)c3ccccc3)cc2)c2ccc(Cl)cc2Cl)cc1. The largest absolute Gasteiger partial charge is 0.358 e. The van der Waals surface area contributed by atoms with E-state index in [0.29, 0.717) is 106 Å². The minimum absolute atomic E-state index is 0.0459. The van der Waals surface area contributed by atoms with E-state index in [2.05, 4.69) is 249 Å². The van der Waals surface area contributed by atoms with E-state index in [1.165, 1.54) is 22.3 Å². The zero-order valence-electron chi connectivity index (χ0n) is 76.6. The summed E-state index contributed by atoms with van der Waals surface area (Å²) in [6.07, 6.45) is 8.86. The normalized spacial score (nSPS) is 11.0. The van der Waals surface area contributed by atoms with Crippen LogP contribution in [0.5, 0.6) is 0 Å². The van der Waals surface area contributed by atoms with Crippen LogP contribution in [0, 0.1) is 40.9 Å². The zero-order chi connectivity index (χ0) is 97.8. The van der Waals surface area contributed by atoms with Crippen LogP contribution in [-0.2, 0) is 84.8 Å². The molecule has 19 rings (SSSR count). The fourth-order valence-electron chi connectivity index (χ4n) is 15.9. The molecule has 0 unspecified atom stereocenters. The van der Waals surface area contributed by atoms with E-state index in [-0.39, 0.29) is 5.78 Å². The lowest BCUT2D eigenvalue weighted by molar-refractivity contribution is 0.103. The first-order valence-corrected chi connectivity index (χ1v) is 48.8. The molecule has 6 aromatic heterocycles. The highest BCUT2D eigenvalue weighted by Crippen LogP contribution is 2.37. The number of anilines is 3. The minimum Gasteiger partial charge on any atom is -0.358 e. The van der Waals surface area contributed by atoms with Gasteiger partial charge in [0.15, 0.2) is 17.4 Å². The highest BCUT2D eigenvalue weighted by molar-refractivity contribution is 9.10. The number of pyridine rings is 2. The summed E-state index contributed by atoms with van der Waals surface area (Å²) in [7, 11) is 0. The third kappa shape index (κ3) is 28.1. The van der Waals surface area contributed by atoms with E-state index >= 15 is 0 Å². The number of carbonyl (C=O) groups is 1. The topological polar surface area (TPSA) is 250 Å². The van der Waals surface area contributed by atoms with Crippen molar-refractivity contribution in [3.05, 3.63) is 500 Å². The van der Waals surface area contributed by atoms with E-state index in [4.69, 9.17) is 83.8 Å². The lowest BCUT2D eigenvalue weighted by Crippen LogP contribution is -2.27. The van der Waals surface area contributed by atoms with E-state index < -0.39 is 0 Å². The second-order valence-electron chi connectivity index (χ2n) is 33.5. The molecule has 22 nitrogen and oxygen atoms in total. The second kappa shape index (κ2) is 49.2. The summed E-state index contributed by atoms with van der Waals surface area (Å²) in [5.41, 5.74) is 18.8. The van der Waals surface area contributed by atoms with Gasteiger partial charge in [0.1, 0.15) is 37.0 Å². The number of aryl methyl sites for hydroxylation is 1. The van der Waals surface area contributed by atoms with Gasteiger partial charge < -0.3 is 28.1 Å². The van der Waals surface area contributed by atoms with Gasteiger partial charge >= 0.3 is 0 Å². The molecular formula is C112H92Br2Cl5N21O. The van der Waals surface area contributed by atoms with Gasteiger partial charge in [-0.05, 0) is 210 Å². The van der Waals surface area contributed by atoms with Crippen molar-refractivity contribution in [2.45, 2.75) is 91.8 Å². The quantitative estimate of drug-likeness (QED) is 0.0347. The second-order valence-corrected chi connectivity index (χ2v) is 37.5. The van der Waals surface area contributed by atoms with E-state index in [0.717, 1.165) is 150 Å². The van der Waals surface area contributed by atoms with Crippen molar-refractivity contribution in [2.75, 3.05) is 22.9 Å². The maximum absolute atomic E-state index is 12.9. The van der Waals surface area contributed by atoms with Gasteiger partial charge in [-0.1, -0.05) is 277 Å². The van der Waals surface area contributed by atoms with Gasteiger partial charge in [-0.25, -0.2) is 0 Å². The number of hydrogen-bond acceptors (Lipinski definition) is 18. The molecule has 19 aromatic rings. The third-order valence-electron chi connectivity index (χ3n) is 23.5. The first-order chi connectivity index (χ1) is 68.8. The van der Waals surface area contributed by atoms with Gasteiger partial charge in [0.05, 0.1) is 131 Å². The van der Waals surface area contributed by atoms with Gasteiger partial charge in [0.25, 0.3) is 0 Å². The molecule has 0 radical (unpaired) electrons. The van der Waals surface area contributed by atoms with Crippen LogP contribution in [0.4, 0.5) is 17.1 Å². The van der Waals surface area contributed by atoms with Gasteiger partial charge in [-0.3, -0.25) is 24.6 Å². The molecule has 0 atom stereocenters. The van der Waals surface area contributed by atoms with Crippen molar-refractivity contribution < 1.29 is 4.79 Å². The number of nitriles is 3. The highest BCUT2D eigenvalue weighted by atomic mass is 79.9. The number of ketones is 1. The van der Waals surface area contributed by atoms with Crippen LogP contribution in [0.15, 0.2) is 368 Å². The lowest BCUT2D eigenvalue weighted by atomic mass is 10.0. The lowest BCUT2D eigenvalue weighted by Gasteiger charge is -2.26. The highest BCUT2D eigenvalue weighted by Gasteiger charge is 2.23. The third-order valence-corrected chi connectivity index (χ3v) is 26.0. The smallest absolute Gasteiger partial charge is 0.193 e. The van der Waals surface area contributed by atoms with Crippen LogP contribution in [0.1, 0.15) is 112 Å². The van der Waals surface area contributed by atoms with E-state index in [9.17, 15) is 4.79 Å². The molecule has 700 valence electrons. The Hall–Kier alpha value is -14.7. The Morgan fingerprint density at radius 2 is 0.738 bits per heavy atom. The van der Waals surface area contributed by atoms with Crippen molar-refractivity contribution in [3.63, 3.8) is 0 Å². The van der Waals surface area contributed by atoms with E-state index in [1.807, 2.05) is 154 Å². The molecular weight excluding hydrogens is 1990 g/mol. The Kier molecular flexibility index (Phi) is 34.7. The summed E-state index contributed by atoms with van der Waals surface area (Å²) >= 11 is 38.9. The first kappa shape index (κ1) is 99.3. The summed E-state index contributed by atoms with van der Waals surface area (Å²) in [4.78, 5) is 31.6. The predicted molar refractivity (Wildman–Crippen MR) is 565 cm³/mol. The number of aromatic nitrogens is 14. The van der Waals surface area contributed by atoms with E-state index in [1.54, 1.807) is 91.8 Å². The van der Waals surface area contributed by atoms with Crippen LogP contribution in [0.3, 0.4) is 0 Å². The first-order valence-electron chi connectivity index (χ1n) is 45.3. The molecule has 0 amide bonds. The van der Waals surface area contributed by atoms with Gasteiger partial charge in [-0.15, -0.1) is 40.8 Å². The Labute approximate surface area is 859 Å². The molecule has 0 saturated heterocycles. The summed E-state index contributed by atoms with van der Waals surface area (Å²) in [6, 6.07) is 115. The molecule has 0 saturated carbocycles. The summed E-state index contributed by atoms with van der Waals surface area (Å²) in [5, 5.41) is 66.6. The molecule has 0 bridgehead atoms. The number of nitrogens with zero attached hydrogens (tertiary/aromatic N) is 21. The molecule has 0 aliphatic heterocycles. The zero-order valence-corrected chi connectivity index (χ0v) is 83.6. The van der Waals surface area contributed by atoms with Crippen molar-refractivity contribution in [1.29, 1.82) is 15.8 Å². The monoisotopic (exact) mass is 2080 g/mol. The van der Waals surface area contributed by atoms with Crippen LogP contribution in [0.2, 0.25) is 25.1 Å². The number of rotatable bonds is 33. The summed E-state index contributed by atoms with van der Waals surface area (Å²) in [6.45, 7) is 10.6. The fourth-order valence-corrected chi connectivity index (χ4v) is 17.7. The summed E-state index contributed by atoms with van der Waals surface area (Å²) < 4.78 is 10.3. The van der Waals surface area contributed by atoms with Crippen LogP contribution in [-0.4, -0.2) is 97.7 Å². The number of fused-ring (bicyclic) bond motifs is 2.